The summed E-state index contributed by atoms with van der Waals surface area (Å²) in [6.07, 6.45) is 0.980. The summed E-state index contributed by atoms with van der Waals surface area (Å²) < 4.78 is 5.46. The van der Waals surface area contributed by atoms with Crippen LogP contribution in [0.3, 0.4) is 0 Å². The maximum Gasteiger partial charge on any atom is 0.426 e. The van der Waals surface area contributed by atoms with Crippen molar-refractivity contribution in [1.29, 1.82) is 0 Å². The van der Waals surface area contributed by atoms with Crippen molar-refractivity contribution >= 4 is 18.1 Å². The van der Waals surface area contributed by atoms with E-state index in [9.17, 15) is 24.9 Å². The minimum Gasteiger partial charge on any atom is -0.443 e. The van der Waals surface area contributed by atoms with Gasteiger partial charge < -0.3 is 20.1 Å². The van der Waals surface area contributed by atoms with Crippen LogP contribution in [0.15, 0.2) is 91.0 Å². The van der Waals surface area contributed by atoms with Crippen LogP contribution < -0.4 is 5.43 Å². The van der Waals surface area contributed by atoms with Crippen molar-refractivity contribution in [3.63, 3.8) is 0 Å². The number of nitrogens with one attached hydrogen (secondary N) is 1. The number of carbonyl (C=O) groups is 2. The van der Waals surface area contributed by atoms with E-state index in [2.05, 4.69) is 5.43 Å². The van der Waals surface area contributed by atoms with E-state index in [4.69, 9.17) is 4.74 Å². The fourth-order valence-corrected chi connectivity index (χ4v) is 5.39. The Bertz CT molecular complexity index is 1370. The lowest BCUT2D eigenvalue weighted by Gasteiger charge is -2.35. The van der Waals surface area contributed by atoms with E-state index in [0.29, 0.717) is 24.0 Å². The van der Waals surface area contributed by atoms with E-state index in [1.165, 1.54) is 0 Å². The van der Waals surface area contributed by atoms with Crippen LogP contribution in [0, 0.1) is 5.92 Å². The summed E-state index contributed by atoms with van der Waals surface area (Å²) in [6, 6.07) is 25.3. The lowest BCUT2D eigenvalue weighted by atomic mass is 9.92. The van der Waals surface area contributed by atoms with Crippen LogP contribution in [0.5, 0.6) is 0 Å². The van der Waals surface area contributed by atoms with Gasteiger partial charge in [0.15, 0.2) is 0 Å². The third-order valence-corrected chi connectivity index (χ3v) is 7.45. The maximum absolute atomic E-state index is 14.4. The Morgan fingerprint density at radius 1 is 0.930 bits per heavy atom. The molecule has 0 saturated heterocycles. The Morgan fingerprint density at radius 2 is 1.53 bits per heavy atom. The van der Waals surface area contributed by atoms with Gasteiger partial charge in [0.2, 0.25) is 5.91 Å². The van der Waals surface area contributed by atoms with Gasteiger partial charge in [0.1, 0.15) is 23.9 Å². The van der Waals surface area contributed by atoms with E-state index in [0.717, 1.165) is 16.1 Å². The molecule has 0 bridgehead atoms. The normalized spacial score (nSPS) is 19.4. The molecule has 0 heterocycles. The minimum absolute atomic E-state index is 0.129. The maximum atomic E-state index is 14.4. The van der Waals surface area contributed by atoms with Gasteiger partial charge in [-0.05, 0) is 68.7 Å². The fraction of sp³-hybridized carbons (Fsp3) is 0.371. The van der Waals surface area contributed by atoms with Crippen molar-refractivity contribution in [2.75, 3.05) is 0 Å². The zero-order chi connectivity index (χ0) is 31.0. The second-order valence-corrected chi connectivity index (χ2v) is 12.0. The average molecular weight is 587 g/mol. The van der Waals surface area contributed by atoms with Crippen molar-refractivity contribution in [1.82, 2.24) is 10.4 Å². The third-order valence-electron chi connectivity index (χ3n) is 7.45. The van der Waals surface area contributed by atoms with Gasteiger partial charge in [-0.2, -0.15) is 0 Å². The SMILES string of the molecule is CC(C)(C)OC(=O)NN(C(=O)[C@H](CC=Cc1ccccc1)C[C@@H](O)CCc1ccccc1)[C@H]1c2ccccc2[C@@H](O)[C@H]1O. The van der Waals surface area contributed by atoms with E-state index in [-0.39, 0.29) is 12.8 Å². The fourth-order valence-electron chi connectivity index (χ4n) is 5.39. The molecule has 1 aliphatic rings. The van der Waals surface area contributed by atoms with Gasteiger partial charge in [-0.25, -0.2) is 15.2 Å². The lowest BCUT2D eigenvalue weighted by Crippen LogP contribution is -2.54. The number of aliphatic hydroxyl groups excluding tert-OH is 3. The molecule has 0 spiro atoms. The molecule has 0 aliphatic heterocycles. The van der Waals surface area contributed by atoms with Gasteiger partial charge in [0.05, 0.1) is 6.10 Å². The number of amides is 2. The third kappa shape index (κ3) is 8.76. The summed E-state index contributed by atoms with van der Waals surface area (Å²) >= 11 is 0. The topological polar surface area (TPSA) is 119 Å². The predicted molar refractivity (Wildman–Crippen MR) is 165 cm³/mol. The van der Waals surface area contributed by atoms with E-state index < -0.39 is 47.9 Å². The van der Waals surface area contributed by atoms with Crippen molar-refractivity contribution in [3.05, 3.63) is 113 Å². The zero-order valence-electron chi connectivity index (χ0n) is 25.0. The molecular formula is C35H42N2O6. The second kappa shape index (κ2) is 14.5. The van der Waals surface area contributed by atoms with Gasteiger partial charge in [-0.15, -0.1) is 0 Å². The number of ether oxygens (including phenoxy) is 1. The molecule has 1 aliphatic carbocycles. The van der Waals surface area contributed by atoms with E-state index in [1.54, 1.807) is 45.0 Å². The number of hydrogen-bond donors (Lipinski definition) is 4. The van der Waals surface area contributed by atoms with E-state index in [1.807, 2.05) is 72.8 Å². The summed E-state index contributed by atoms with van der Waals surface area (Å²) in [5, 5.41) is 34.1. The molecule has 3 aromatic rings. The van der Waals surface area contributed by atoms with Gasteiger partial charge in [-0.3, -0.25) is 4.79 Å². The molecule has 0 fully saturated rings. The molecule has 8 nitrogen and oxygen atoms in total. The molecule has 2 amide bonds. The van der Waals surface area contributed by atoms with Crippen LogP contribution in [0.2, 0.25) is 0 Å². The standard InChI is InChI=1S/C35H42N2O6/c1-35(2,3)43-34(42)36-37(30-28-19-10-11-20-29(28)31(39)32(30)40)33(41)26(18-12-17-24-13-6-4-7-14-24)23-27(38)22-21-25-15-8-5-9-16-25/h4-17,19-20,26-27,30-32,38-40H,18,21-23H2,1-3H3,(H,36,42)/t26-,27+,30+,31-,32+/m1/s1. The zero-order valence-corrected chi connectivity index (χ0v) is 25.0. The van der Waals surface area contributed by atoms with Crippen LogP contribution in [0.1, 0.15) is 74.4 Å². The summed E-state index contributed by atoms with van der Waals surface area (Å²) in [5.41, 5.74) is 4.79. The second-order valence-electron chi connectivity index (χ2n) is 12.0. The highest BCUT2D eigenvalue weighted by Crippen LogP contribution is 2.42. The molecule has 0 aromatic heterocycles. The smallest absolute Gasteiger partial charge is 0.426 e. The number of nitrogens with zero attached hydrogens (tertiary/aromatic N) is 1. The minimum atomic E-state index is -1.39. The molecule has 228 valence electrons. The summed E-state index contributed by atoms with van der Waals surface area (Å²) in [6.45, 7) is 5.13. The van der Waals surface area contributed by atoms with Crippen LogP contribution >= 0.6 is 0 Å². The first-order valence-electron chi connectivity index (χ1n) is 14.7. The summed E-state index contributed by atoms with van der Waals surface area (Å²) in [4.78, 5) is 27.4. The molecule has 5 atom stereocenters. The Labute approximate surface area is 253 Å². The lowest BCUT2D eigenvalue weighted by molar-refractivity contribution is -0.148. The molecule has 43 heavy (non-hydrogen) atoms. The molecule has 4 rings (SSSR count). The number of aliphatic hydroxyl groups is 3. The van der Waals surface area contributed by atoms with Crippen LogP contribution in [0.4, 0.5) is 4.79 Å². The first kappa shape index (κ1) is 31.9. The first-order chi connectivity index (χ1) is 20.5. The number of carbonyl (C=O) groups excluding carboxylic acids is 2. The first-order valence-corrected chi connectivity index (χ1v) is 14.7. The number of aryl methyl sites for hydroxylation is 1. The van der Waals surface area contributed by atoms with Crippen LogP contribution in [-0.2, 0) is 16.0 Å². The van der Waals surface area contributed by atoms with Crippen LogP contribution in [-0.4, -0.2) is 50.1 Å². The molecule has 0 radical (unpaired) electrons. The summed E-state index contributed by atoms with van der Waals surface area (Å²) in [7, 11) is 0. The van der Waals surface area contributed by atoms with Crippen molar-refractivity contribution < 1.29 is 29.6 Å². The molecule has 0 unspecified atom stereocenters. The molecular weight excluding hydrogens is 544 g/mol. The Kier molecular flexibility index (Phi) is 10.7. The van der Waals surface area contributed by atoms with Crippen LogP contribution in [0.25, 0.3) is 6.08 Å². The number of rotatable bonds is 10. The largest absolute Gasteiger partial charge is 0.443 e. The Hall–Kier alpha value is -3.98. The molecule has 3 aromatic carbocycles. The number of allylic oxidation sites excluding steroid dienone is 1. The van der Waals surface area contributed by atoms with Crippen molar-refractivity contribution in [3.8, 4) is 0 Å². The highest BCUT2D eigenvalue weighted by molar-refractivity contribution is 5.82. The van der Waals surface area contributed by atoms with Gasteiger partial charge in [0, 0.05) is 5.92 Å². The number of hydrazine groups is 1. The highest BCUT2D eigenvalue weighted by atomic mass is 16.6. The van der Waals surface area contributed by atoms with Gasteiger partial charge >= 0.3 is 6.09 Å². The molecule has 8 heteroatoms. The van der Waals surface area contributed by atoms with E-state index >= 15 is 0 Å². The Balaban J connectivity index is 1.63. The van der Waals surface area contributed by atoms with Gasteiger partial charge in [-0.1, -0.05) is 97.1 Å². The number of hydrogen-bond acceptors (Lipinski definition) is 6. The average Bonchev–Trinajstić information content (AvgIpc) is 3.23. The molecule has 0 saturated carbocycles. The monoisotopic (exact) mass is 586 g/mol. The van der Waals surface area contributed by atoms with Crippen molar-refractivity contribution in [2.24, 2.45) is 5.92 Å². The highest BCUT2D eigenvalue weighted by Gasteiger charge is 2.46. The van der Waals surface area contributed by atoms with Gasteiger partial charge in [0.25, 0.3) is 0 Å². The van der Waals surface area contributed by atoms with Crippen molar-refractivity contribution in [2.45, 2.75) is 76.4 Å². The quantitative estimate of drug-likeness (QED) is 0.233. The summed E-state index contributed by atoms with van der Waals surface area (Å²) in [5.74, 6) is -1.26. The predicted octanol–water partition coefficient (Wildman–Crippen LogP) is 5.51. The Morgan fingerprint density at radius 3 is 2.19 bits per heavy atom. The number of fused-ring (bicyclic) bond motifs is 1. The number of benzene rings is 3. The molecule has 4 N–H and O–H groups in total.